The predicted molar refractivity (Wildman–Crippen MR) is 93.0 cm³/mol. The molecule has 3 N–H and O–H groups in total. The number of esters is 1. The highest BCUT2D eigenvalue weighted by Gasteiger charge is 2.52. The molecule has 1 aromatic carbocycles. The van der Waals surface area contributed by atoms with E-state index in [1.807, 2.05) is 0 Å². The predicted octanol–water partition coefficient (Wildman–Crippen LogP) is 1.06. The summed E-state index contributed by atoms with van der Waals surface area (Å²) in [6, 6.07) is 11.1. The summed E-state index contributed by atoms with van der Waals surface area (Å²) in [4.78, 5) is 51.5. The van der Waals surface area contributed by atoms with E-state index in [9.17, 15) is 19.2 Å². The molecule has 4 amide bonds. The molecule has 0 radical (unpaired) electrons. The zero-order chi connectivity index (χ0) is 19.4. The minimum Gasteiger partial charge on any atom is -0.451 e. The van der Waals surface area contributed by atoms with E-state index in [1.54, 1.807) is 43.3 Å². The van der Waals surface area contributed by atoms with Crippen molar-refractivity contribution in [3.8, 4) is 0 Å². The van der Waals surface area contributed by atoms with Crippen LogP contribution < -0.4 is 10.7 Å². The summed E-state index contributed by atoms with van der Waals surface area (Å²) in [6.07, 6.45) is 1.84. The van der Waals surface area contributed by atoms with Gasteiger partial charge < -0.3 is 15.0 Å². The second-order valence-corrected chi connectivity index (χ2v) is 5.89. The standard InChI is InChI=1S/C18H18N4O5/c1-2-18(12-7-4-3-5-8-12)16(25)22(17(26)20-18)21-14(23)11-27-15(24)13-9-6-10-19-13/h3-10,19H,2,11H2,1H3,(H,20,26)(H,21,23)/t18-/m1/s1. The Morgan fingerprint density at radius 2 is 1.89 bits per heavy atom. The fraction of sp³-hybridized carbons (Fsp3) is 0.222. The van der Waals surface area contributed by atoms with Gasteiger partial charge in [0.25, 0.3) is 11.8 Å². The Labute approximate surface area is 154 Å². The molecule has 27 heavy (non-hydrogen) atoms. The molecule has 9 heteroatoms. The van der Waals surface area contributed by atoms with E-state index in [0.717, 1.165) is 0 Å². The summed E-state index contributed by atoms with van der Waals surface area (Å²) in [7, 11) is 0. The molecular weight excluding hydrogens is 352 g/mol. The van der Waals surface area contributed by atoms with E-state index in [1.165, 1.54) is 12.3 Å². The quantitative estimate of drug-likeness (QED) is 0.519. The average Bonchev–Trinajstić information content (AvgIpc) is 3.30. The number of imide groups is 1. The molecule has 0 spiro atoms. The van der Waals surface area contributed by atoms with Crippen LogP contribution in [0.3, 0.4) is 0 Å². The van der Waals surface area contributed by atoms with Gasteiger partial charge >= 0.3 is 12.0 Å². The molecular formula is C18H18N4O5. The zero-order valence-electron chi connectivity index (χ0n) is 14.5. The lowest BCUT2D eigenvalue weighted by Crippen LogP contribution is -2.49. The maximum Gasteiger partial charge on any atom is 0.355 e. The van der Waals surface area contributed by atoms with Crippen molar-refractivity contribution in [3.63, 3.8) is 0 Å². The van der Waals surface area contributed by atoms with Crippen LogP contribution in [0.1, 0.15) is 29.4 Å². The number of rotatable bonds is 6. The fourth-order valence-corrected chi connectivity index (χ4v) is 2.86. The van der Waals surface area contributed by atoms with E-state index in [2.05, 4.69) is 15.7 Å². The highest BCUT2D eigenvalue weighted by atomic mass is 16.5. The van der Waals surface area contributed by atoms with E-state index in [0.29, 0.717) is 17.0 Å². The van der Waals surface area contributed by atoms with Crippen molar-refractivity contribution in [1.82, 2.24) is 20.7 Å². The van der Waals surface area contributed by atoms with Crippen molar-refractivity contribution in [2.75, 3.05) is 6.61 Å². The maximum atomic E-state index is 12.8. The summed E-state index contributed by atoms with van der Waals surface area (Å²) < 4.78 is 4.84. The van der Waals surface area contributed by atoms with Crippen LogP contribution in [0.2, 0.25) is 0 Å². The van der Waals surface area contributed by atoms with Crippen molar-refractivity contribution in [1.29, 1.82) is 0 Å². The monoisotopic (exact) mass is 370 g/mol. The number of nitrogens with one attached hydrogen (secondary N) is 3. The number of urea groups is 1. The third-order valence-electron chi connectivity index (χ3n) is 4.28. The summed E-state index contributed by atoms with van der Waals surface area (Å²) in [5.74, 6) is -2.14. The first-order chi connectivity index (χ1) is 13.0. The molecule has 2 aromatic rings. The number of aromatic amines is 1. The Bertz CT molecular complexity index is 865. The fourth-order valence-electron chi connectivity index (χ4n) is 2.86. The van der Waals surface area contributed by atoms with Gasteiger partial charge in [-0.2, -0.15) is 5.01 Å². The first kappa shape index (κ1) is 18.2. The van der Waals surface area contributed by atoms with Crippen LogP contribution in [0.25, 0.3) is 0 Å². The molecule has 0 unspecified atom stereocenters. The van der Waals surface area contributed by atoms with Crippen LogP contribution in [-0.2, 0) is 19.9 Å². The molecule has 1 saturated heterocycles. The summed E-state index contributed by atoms with van der Waals surface area (Å²) in [5.41, 5.74) is 1.72. The number of amides is 4. The van der Waals surface area contributed by atoms with Gasteiger partial charge in [-0.25, -0.2) is 9.59 Å². The van der Waals surface area contributed by atoms with E-state index >= 15 is 0 Å². The lowest BCUT2D eigenvalue weighted by Gasteiger charge is -2.25. The lowest BCUT2D eigenvalue weighted by molar-refractivity contribution is -0.140. The number of H-pyrrole nitrogens is 1. The maximum absolute atomic E-state index is 12.8. The van der Waals surface area contributed by atoms with Gasteiger partial charge in [-0.1, -0.05) is 37.3 Å². The smallest absolute Gasteiger partial charge is 0.355 e. The van der Waals surface area contributed by atoms with E-state index < -0.39 is 36.0 Å². The Kier molecular flexibility index (Phi) is 4.93. The van der Waals surface area contributed by atoms with Crippen LogP contribution in [0.15, 0.2) is 48.7 Å². The molecule has 3 rings (SSSR count). The number of nitrogens with zero attached hydrogens (tertiary/aromatic N) is 1. The van der Waals surface area contributed by atoms with Crippen LogP contribution in [0.4, 0.5) is 4.79 Å². The third-order valence-corrected chi connectivity index (χ3v) is 4.28. The highest BCUT2D eigenvalue weighted by Crippen LogP contribution is 2.31. The number of benzene rings is 1. The molecule has 1 aliphatic heterocycles. The van der Waals surface area contributed by atoms with Gasteiger partial charge in [0.15, 0.2) is 6.61 Å². The second kappa shape index (κ2) is 7.32. The molecule has 0 saturated carbocycles. The first-order valence-electron chi connectivity index (χ1n) is 8.30. The van der Waals surface area contributed by atoms with Crippen molar-refractivity contribution < 1.29 is 23.9 Å². The highest BCUT2D eigenvalue weighted by molar-refractivity contribution is 6.08. The summed E-state index contributed by atoms with van der Waals surface area (Å²) in [6.45, 7) is 1.12. The minimum absolute atomic E-state index is 0.187. The lowest BCUT2D eigenvalue weighted by atomic mass is 9.87. The molecule has 0 aliphatic carbocycles. The van der Waals surface area contributed by atoms with Crippen LogP contribution in [0, 0.1) is 0 Å². The molecule has 1 atom stereocenters. The average molecular weight is 370 g/mol. The topological polar surface area (TPSA) is 121 Å². The molecule has 1 aromatic heterocycles. The second-order valence-electron chi connectivity index (χ2n) is 5.89. The first-order valence-corrected chi connectivity index (χ1v) is 8.30. The Hall–Kier alpha value is -3.62. The zero-order valence-corrected chi connectivity index (χ0v) is 14.5. The van der Waals surface area contributed by atoms with Crippen molar-refractivity contribution in [2.24, 2.45) is 0 Å². The van der Waals surface area contributed by atoms with Crippen LogP contribution in [0.5, 0.6) is 0 Å². The van der Waals surface area contributed by atoms with Crippen LogP contribution >= 0.6 is 0 Å². The van der Waals surface area contributed by atoms with Gasteiger partial charge in [-0.3, -0.25) is 15.0 Å². The largest absolute Gasteiger partial charge is 0.451 e. The summed E-state index contributed by atoms with van der Waals surface area (Å²) in [5, 5.41) is 3.25. The number of ether oxygens (including phenoxy) is 1. The van der Waals surface area contributed by atoms with Gasteiger partial charge in [-0.05, 0) is 24.1 Å². The number of hydrogen-bond acceptors (Lipinski definition) is 5. The number of aromatic nitrogens is 1. The third kappa shape index (κ3) is 3.39. The van der Waals surface area contributed by atoms with Gasteiger partial charge in [0.1, 0.15) is 11.2 Å². The summed E-state index contributed by atoms with van der Waals surface area (Å²) >= 11 is 0. The number of carbonyl (C=O) groups is 4. The Morgan fingerprint density at radius 1 is 1.15 bits per heavy atom. The van der Waals surface area contributed by atoms with Crippen molar-refractivity contribution >= 4 is 23.8 Å². The normalized spacial score (nSPS) is 18.9. The van der Waals surface area contributed by atoms with Gasteiger partial charge in [-0.15, -0.1) is 0 Å². The number of hydrazine groups is 1. The molecule has 140 valence electrons. The molecule has 9 nitrogen and oxygen atoms in total. The molecule has 1 aliphatic rings. The van der Waals surface area contributed by atoms with E-state index in [-0.39, 0.29) is 5.69 Å². The van der Waals surface area contributed by atoms with Gasteiger partial charge in [0.05, 0.1) is 0 Å². The minimum atomic E-state index is -1.26. The van der Waals surface area contributed by atoms with E-state index in [4.69, 9.17) is 4.74 Å². The number of hydrogen-bond donors (Lipinski definition) is 3. The molecule has 2 heterocycles. The van der Waals surface area contributed by atoms with Crippen molar-refractivity contribution in [3.05, 3.63) is 59.9 Å². The Balaban J connectivity index is 1.66. The molecule has 0 bridgehead atoms. The number of carbonyl (C=O) groups excluding carboxylic acids is 4. The van der Waals surface area contributed by atoms with Gasteiger partial charge in [0, 0.05) is 6.20 Å². The molecule has 1 fully saturated rings. The van der Waals surface area contributed by atoms with Gasteiger partial charge in [0.2, 0.25) is 0 Å². The van der Waals surface area contributed by atoms with Crippen LogP contribution in [-0.4, -0.2) is 40.4 Å². The van der Waals surface area contributed by atoms with Crippen molar-refractivity contribution in [2.45, 2.75) is 18.9 Å². The SMILES string of the molecule is CC[C@]1(c2ccccc2)NC(=O)N(NC(=O)COC(=O)c2ccc[nH]2)C1=O. The Morgan fingerprint density at radius 3 is 2.52 bits per heavy atom.